The average Bonchev–Trinajstić information content (AvgIpc) is 2.34. The topological polar surface area (TPSA) is 36.4 Å². The van der Waals surface area contributed by atoms with Crippen molar-refractivity contribution < 1.29 is 8.78 Å². The summed E-state index contributed by atoms with van der Waals surface area (Å²) in [6.07, 6.45) is 5.61. The van der Waals surface area contributed by atoms with Crippen LogP contribution >= 0.6 is 24.0 Å². The molecule has 20 heavy (non-hydrogen) atoms. The highest BCUT2D eigenvalue weighted by atomic mass is 127. The Morgan fingerprint density at radius 1 is 1.25 bits per heavy atom. The molecule has 0 saturated heterocycles. The average molecular weight is 393 g/mol. The normalized spacial score (nSPS) is 10.4. The number of nitrogens with zero attached hydrogens (tertiary/aromatic N) is 1. The lowest BCUT2D eigenvalue weighted by Crippen LogP contribution is -2.37. The van der Waals surface area contributed by atoms with Gasteiger partial charge in [0.05, 0.1) is 6.54 Å². The zero-order valence-corrected chi connectivity index (χ0v) is 13.6. The van der Waals surface area contributed by atoms with Crippen molar-refractivity contribution in [3.05, 3.63) is 35.4 Å². The first kappa shape index (κ1) is 18.6. The van der Waals surface area contributed by atoms with Crippen LogP contribution in [0.15, 0.2) is 23.2 Å². The molecule has 0 amide bonds. The first-order chi connectivity index (χ1) is 9.15. The molecule has 1 rings (SSSR count). The molecule has 110 valence electrons. The van der Waals surface area contributed by atoms with Gasteiger partial charge in [0, 0.05) is 19.2 Å². The van der Waals surface area contributed by atoms with Crippen LogP contribution in [0.4, 0.5) is 8.78 Å². The second-order valence-corrected chi connectivity index (χ2v) is 3.85. The summed E-state index contributed by atoms with van der Waals surface area (Å²) in [5.41, 5.74) is 0.578. The molecule has 0 saturated carbocycles. The maximum absolute atomic E-state index is 13.0. The van der Waals surface area contributed by atoms with Gasteiger partial charge in [0.2, 0.25) is 0 Å². The van der Waals surface area contributed by atoms with Gasteiger partial charge in [-0.05, 0) is 31.0 Å². The summed E-state index contributed by atoms with van der Waals surface area (Å²) in [5.74, 6) is 1.90. The van der Waals surface area contributed by atoms with E-state index in [0.29, 0.717) is 37.6 Å². The van der Waals surface area contributed by atoms with Crippen LogP contribution in [0.3, 0.4) is 0 Å². The summed E-state index contributed by atoms with van der Waals surface area (Å²) in [7, 11) is 0. The van der Waals surface area contributed by atoms with Crippen molar-refractivity contribution in [2.75, 3.05) is 19.6 Å². The monoisotopic (exact) mass is 393 g/mol. The molecular weight excluding hydrogens is 375 g/mol. The first-order valence-corrected chi connectivity index (χ1v) is 6.06. The predicted molar refractivity (Wildman–Crippen MR) is 88.3 cm³/mol. The molecule has 2 N–H and O–H groups in total. The summed E-state index contributed by atoms with van der Waals surface area (Å²) in [4.78, 5) is 4.26. The zero-order chi connectivity index (χ0) is 14.1. The molecule has 0 aliphatic carbocycles. The molecule has 6 heteroatoms. The number of hydrogen-bond acceptors (Lipinski definition) is 1. The molecule has 0 aliphatic heterocycles. The van der Waals surface area contributed by atoms with Gasteiger partial charge in [0.15, 0.2) is 5.96 Å². The highest BCUT2D eigenvalue weighted by Crippen LogP contribution is 2.08. The van der Waals surface area contributed by atoms with Crippen molar-refractivity contribution in [2.45, 2.75) is 13.3 Å². The molecule has 0 aromatic heterocycles. The van der Waals surface area contributed by atoms with Gasteiger partial charge >= 0.3 is 0 Å². The Hall–Kier alpha value is -1.36. The molecule has 1 aromatic rings. The van der Waals surface area contributed by atoms with Gasteiger partial charge in [-0.3, -0.25) is 4.99 Å². The summed E-state index contributed by atoms with van der Waals surface area (Å²) in [5, 5.41) is 5.96. The second kappa shape index (κ2) is 10.4. The van der Waals surface area contributed by atoms with Crippen molar-refractivity contribution in [3.63, 3.8) is 0 Å². The van der Waals surface area contributed by atoms with Crippen LogP contribution < -0.4 is 10.6 Å². The minimum atomic E-state index is -0.573. The number of guanidine groups is 1. The fraction of sp³-hybridized carbons (Fsp3) is 0.357. The van der Waals surface area contributed by atoms with E-state index >= 15 is 0 Å². The van der Waals surface area contributed by atoms with E-state index in [9.17, 15) is 8.78 Å². The maximum atomic E-state index is 13.0. The van der Waals surface area contributed by atoms with Gasteiger partial charge in [-0.1, -0.05) is 5.92 Å². The van der Waals surface area contributed by atoms with Crippen LogP contribution in [-0.2, 0) is 6.42 Å². The molecule has 0 aliphatic rings. The second-order valence-electron chi connectivity index (χ2n) is 3.85. The molecule has 0 fully saturated rings. The molecular formula is C14H18F2IN3. The van der Waals surface area contributed by atoms with E-state index in [1.165, 1.54) is 12.1 Å². The van der Waals surface area contributed by atoms with Gasteiger partial charge in [-0.15, -0.1) is 30.4 Å². The van der Waals surface area contributed by atoms with Crippen LogP contribution in [-0.4, -0.2) is 25.6 Å². The molecule has 0 heterocycles. The van der Waals surface area contributed by atoms with E-state index in [4.69, 9.17) is 6.42 Å². The van der Waals surface area contributed by atoms with Crippen molar-refractivity contribution in [1.29, 1.82) is 0 Å². The summed E-state index contributed by atoms with van der Waals surface area (Å²) in [6, 6.07) is 3.46. The summed E-state index contributed by atoms with van der Waals surface area (Å²) in [6.45, 7) is 3.45. The number of aliphatic imine (C=N–C) groups is 1. The lowest BCUT2D eigenvalue weighted by Gasteiger charge is -2.08. The fourth-order valence-electron chi connectivity index (χ4n) is 1.53. The number of nitrogens with one attached hydrogen (secondary N) is 2. The minimum Gasteiger partial charge on any atom is -0.357 e. The quantitative estimate of drug-likeness (QED) is 0.349. The van der Waals surface area contributed by atoms with E-state index in [2.05, 4.69) is 21.5 Å². The van der Waals surface area contributed by atoms with Gasteiger partial charge in [-0.2, -0.15) is 0 Å². The third-order valence-electron chi connectivity index (χ3n) is 2.29. The van der Waals surface area contributed by atoms with Gasteiger partial charge < -0.3 is 10.6 Å². The standard InChI is InChI=1S/C14H17F2N3.HI/c1-3-6-18-14(17-4-2)19-7-5-11-8-12(15)10-13(16)9-11;/h1,8-10H,4-7H2,2H3,(H2,17,18,19);1H. The van der Waals surface area contributed by atoms with Crippen molar-refractivity contribution >= 4 is 29.9 Å². The van der Waals surface area contributed by atoms with Gasteiger partial charge in [0.1, 0.15) is 11.6 Å². The molecule has 0 atom stereocenters. The Morgan fingerprint density at radius 3 is 2.45 bits per heavy atom. The summed E-state index contributed by atoms with van der Waals surface area (Å²) < 4.78 is 26.0. The SMILES string of the molecule is C#CCNC(=NCCc1cc(F)cc(F)c1)NCC.I. The van der Waals surface area contributed by atoms with E-state index in [1.807, 2.05) is 6.92 Å². The Kier molecular flexibility index (Phi) is 9.72. The highest BCUT2D eigenvalue weighted by Gasteiger charge is 2.01. The van der Waals surface area contributed by atoms with Gasteiger partial charge in [0.25, 0.3) is 0 Å². The number of hydrogen-bond donors (Lipinski definition) is 2. The predicted octanol–water partition coefficient (Wildman–Crippen LogP) is 2.31. The largest absolute Gasteiger partial charge is 0.357 e. The molecule has 0 bridgehead atoms. The number of benzene rings is 1. The number of halogens is 3. The van der Waals surface area contributed by atoms with Gasteiger partial charge in [-0.25, -0.2) is 8.78 Å². The first-order valence-electron chi connectivity index (χ1n) is 6.06. The van der Waals surface area contributed by atoms with Crippen LogP contribution in [0, 0.1) is 24.0 Å². The van der Waals surface area contributed by atoms with E-state index in [1.54, 1.807) is 0 Å². The van der Waals surface area contributed by atoms with Crippen molar-refractivity contribution in [2.24, 2.45) is 4.99 Å². The minimum absolute atomic E-state index is 0. The zero-order valence-electron chi connectivity index (χ0n) is 11.2. The molecule has 3 nitrogen and oxygen atoms in total. The van der Waals surface area contributed by atoms with E-state index in [-0.39, 0.29) is 24.0 Å². The third kappa shape index (κ3) is 7.28. The Bertz CT molecular complexity index is 464. The third-order valence-corrected chi connectivity index (χ3v) is 2.29. The Morgan fingerprint density at radius 2 is 1.90 bits per heavy atom. The maximum Gasteiger partial charge on any atom is 0.192 e. The molecule has 1 aromatic carbocycles. The lowest BCUT2D eigenvalue weighted by atomic mass is 10.1. The lowest BCUT2D eigenvalue weighted by molar-refractivity contribution is 0.579. The highest BCUT2D eigenvalue weighted by molar-refractivity contribution is 14.0. The summed E-state index contributed by atoms with van der Waals surface area (Å²) >= 11 is 0. The van der Waals surface area contributed by atoms with Crippen molar-refractivity contribution in [3.8, 4) is 12.3 Å². The Labute approximate surface area is 135 Å². The van der Waals surface area contributed by atoms with Crippen LogP contribution in [0.5, 0.6) is 0 Å². The number of terminal acetylenes is 1. The van der Waals surface area contributed by atoms with Crippen LogP contribution in [0.2, 0.25) is 0 Å². The number of rotatable bonds is 5. The van der Waals surface area contributed by atoms with E-state index < -0.39 is 11.6 Å². The smallest absolute Gasteiger partial charge is 0.192 e. The molecule has 0 spiro atoms. The molecule has 0 radical (unpaired) electrons. The van der Waals surface area contributed by atoms with Crippen LogP contribution in [0.1, 0.15) is 12.5 Å². The Balaban J connectivity index is 0.00000361. The van der Waals surface area contributed by atoms with E-state index in [0.717, 1.165) is 6.07 Å². The van der Waals surface area contributed by atoms with Crippen molar-refractivity contribution in [1.82, 2.24) is 10.6 Å². The van der Waals surface area contributed by atoms with Crippen LogP contribution in [0.25, 0.3) is 0 Å². The molecule has 0 unspecified atom stereocenters. The fourth-order valence-corrected chi connectivity index (χ4v) is 1.53.